The van der Waals surface area contributed by atoms with Crippen molar-refractivity contribution >= 4 is 59.1 Å². The van der Waals surface area contributed by atoms with Gasteiger partial charge in [-0.3, -0.25) is 15.3 Å². The minimum Gasteiger partial charge on any atom is -0.410 e. The van der Waals surface area contributed by atoms with Crippen LogP contribution >= 0.6 is 35.6 Å². The molecule has 2 aliphatic heterocycles. The number of carbonyl (C=O) groups is 2. The molecule has 0 saturated carbocycles. The maximum absolute atomic E-state index is 15.7. The first-order valence-corrected chi connectivity index (χ1v) is 24.7. The minimum absolute atomic E-state index is 0. The third kappa shape index (κ3) is 19.2. The molecule has 74 heavy (non-hydrogen) atoms. The lowest BCUT2D eigenvalue weighted by Gasteiger charge is -2.36. The van der Waals surface area contributed by atoms with Crippen LogP contribution in [-0.2, 0) is 30.4 Å². The van der Waals surface area contributed by atoms with Crippen molar-refractivity contribution < 1.29 is 56.7 Å². The molecular formula is C53H66Cl3F5N6O7. The number of urea groups is 1. The first-order chi connectivity index (χ1) is 34.5. The fraction of sp³-hybridized carbons (Fsp3) is 0.434. The number of alkyl halides is 7. The van der Waals surface area contributed by atoms with Gasteiger partial charge < -0.3 is 40.7 Å². The first-order valence-electron chi connectivity index (χ1n) is 23.6. The van der Waals surface area contributed by atoms with Gasteiger partial charge in [0.2, 0.25) is 0 Å². The topological polar surface area (TPSA) is 189 Å². The zero-order valence-corrected chi connectivity index (χ0v) is 44.2. The summed E-state index contributed by atoms with van der Waals surface area (Å²) in [5.41, 5.74) is 3.60. The van der Waals surface area contributed by atoms with Gasteiger partial charge >= 0.3 is 18.3 Å². The smallest absolute Gasteiger partial charge is 0.410 e. The molecule has 13 nitrogen and oxygen atoms in total. The Morgan fingerprint density at radius 2 is 1.18 bits per heavy atom. The van der Waals surface area contributed by atoms with Crippen molar-refractivity contribution in [2.24, 2.45) is 0 Å². The Labute approximate surface area is 445 Å². The van der Waals surface area contributed by atoms with Crippen LogP contribution in [0.3, 0.4) is 0 Å². The predicted molar refractivity (Wildman–Crippen MR) is 281 cm³/mol. The van der Waals surface area contributed by atoms with Gasteiger partial charge in [-0.1, -0.05) is 36.4 Å². The van der Waals surface area contributed by atoms with Gasteiger partial charge in [0, 0.05) is 62.5 Å². The highest BCUT2D eigenvalue weighted by atomic mass is 35.5. The number of carbonyl (C=O) groups excluding carboxylic acids is 2. The van der Waals surface area contributed by atoms with Gasteiger partial charge in [-0.25, -0.2) is 18.4 Å². The monoisotopic (exact) mass is 1100 g/mol. The molecule has 21 heteroatoms. The lowest BCUT2D eigenvalue weighted by atomic mass is 9.87. The Hall–Kier alpha value is -5.18. The molecule has 3 amide bonds. The fourth-order valence-corrected chi connectivity index (χ4v) is 8.28. The van der Waals surface area contributed by atoms with Crippen molar-refractivity contribution in [3.05, 3.63) is 147 Å². The second-order valence-corrected chi connectivity index (χ2v) is 18.8. The molecule has 7 rings (SSSR count). The number of likely N-dealkylation sites (tertiary alicyclic amines) is 1. The van der Waals surface area contributed by atoms with E-state index in [0.717, 1.165) is 39.6 Å². The molecule has 5 aromatic rings. The molecule has 0 radical (unpaired) electrons. The van der Waals surface area contributed by atoms with Gasteiger partial charge in [-0.2, -0.15) is 13.2 Å². The number of nitrogens with zero attached hydrogens (tertiary/aromatic N) is 3. The van der Waals surface area contributed by atoms with Gasteiger partial charge in [0.1, 0.15) is 5.75 Å². The summed E-state index contributed by atoms with van der Waals surface area (Å²) in [4.78, 5) is 34.4. The molecule has 4 heterocycles. The van der Waals surface area contributed by atoms with Gasteiger partial charge in [0.25, 0.3) is 0 Å². The number of aryl methyl sites for hydroxylation is 5. The lowest BCUT2D eigenvalue weighted by molar-refractivity contribution is -0.138. The van der Waals surface area contributed by atoms with Crippen LogP contribution < -0.4 is 20.7 Å². The van der Waals surface area contributed by atoms with E-state index in [-0.39, 0.29) is 67.5 Å². The van der Waals surface area contributed by atoms with Crippen LogP contribution in [0, 0.1) is 34.6 Å². The maximum atomic E-state index is 15.7. The number of anilines is 2. The third-order valence-electron chi connectivity index (χ3n) is 12.2. The summed E-state index contributed by atoms with van der Waals surface area (Å²) in [6, 6.07) is 20.9. The van der Waals surface area contributed by atoms with E-state index < -0.39 is 41.4 Å². The fourth-order valence-electron chi connectivity index (χ4n) is 8.28. The van der Waals surface area contributed by atoms with Crippen molar-refractivity contribution in [2.45, 2.75) is 103 Å². The summed E-state index contributed by atoms with van der Waals surface area (Å²) in [5.74, 6) is 0.346. The van der Waals surface area contributed by atoms with Crippen molar-refractivity contribution in [1.82, 2.24) is 20.2 Å². The largest absolute Gasteiger partial charge is 0.417 e. The van der Waals surface area contributed by atoms with Gasteiger partial charge in [0.15, 0.2) is 11.3 Å². The van der Waals surface area contributed by atoms with Crippen LogP contribution in [0.25, 0.3) is 0 Å². The minimum atomic E-state index is -4.41. The third-order valence-corrected chi connectivity index (χ3v) is 12.2. The number of aromatic nitrogens is 2. The highest BCUT2D eigenvalue weighted by Crippen LogP contribution is 2.39. The quantitative estimate of drug-likeness (QED) is 0.0495. The molecule has 2 saturated heterocycles. The van der Waals surface area contributed by atoms with E-state index in [0.29, 0.717) is 68.1 Å². The Morgan fingerprint density at radius 3 is 1.64 bits per heavy atom. The molecule has 0 bridgehead atoms. The Balaban J connectivity index is 0.000000291. The molecule has 0 spiro atoms. The Morgan fingerprint density at radius 1 is 0.703 bits per heavy atom. The molecular weight excluding hydrogens is 1030 g/mol. The molecule has 2 aromatic heterocycles. The van der Waals surface area contributed by atoms with Crippen molar-refractivity contribution in [1.29, 1.82) is 0 Å². The van der Waals surface area contributed by atoms with E-state index in [4.69, 9.17) is 38.2 Å². The lowest BCUT2D eigenvalue weighted by Crippen LogP contribution is -2.45. The number of hydrogen-bond donors (Lipinski definition) is 7. The summed E-state index contributed by atoms with van der Waals surface area (Å²) in [5, 5.41) is 45.4. The van der Waals surface area contributed by atoms with E-state index in [1.54, 1.807) is 60.6 Å². The maximum Gasteiger partial charge on any atom is 0.417 e. The SMILES string of the molecule is Cc1cc(C[C@@H](O)CO)cnc1C1(F)CCNCC1.Cc1cc(NC(=O)Oc2ccccc2)ccc1C(F)(F)F.Cc1ccc(NC(=O)N2CCC(F)(c3ncc(C[C@@H](O)CO)cc3C)CC2)cc1C.Cl.ClCCl. The van der Waals surface area contributed by atoms with E-state index in [2.05, 4.69) is 25.9 Å². The standard InChI is InChI=1S/C23H30FN3O3.C15H12F3NO2.C14H21FN2O2.CH2Cl2.ClH/c1-15-4-5-19(11-16(15)2)26-22(30)27-8-6-23(24,7-9-27)21-17(3)10-18(13-25-21)12-20(29)14-28;1-10-9-11(7-8-13(10)15(16,17)18)19-14(20)21-12-5-3-2-4-6-12;1-10-6-11(7-12(19)9-18)8-17-13(10)14(15)2-4-16-5-3-14;2-1-3;/h4-5,10-11,13,20,28-29H,6-9,12,14H2,1-3H3,(H,26,30);2-9H,1H3,(H,19,20);6,8,12,16,18-19H,2-5,7,9H2,1H3;1H2;1H/t20-;;12-;;/m1.1../s1. The zero-order chi connectivity index (χ0) is 53.9. The van der Waals surface area contributed by atoms with Crippen LogP contribution in [0.5, 0.6) is 5.75 Å². The number of benzene rings is 3. The number of nitrogens with one attached hydrogen (secondary N) is 3. The van der Waals surface area contributed by atoms with Crippen LogP contribution in [0.1, 0.15) is 81.6 Å². The van der Waals surface area contributed by atoms with E-state index in [9.17, 15) is 37.4 Å². The average molecular weight is 1100 g/mol. The Bertz CT molecular complexity index is 2550. The van der Waals surface area contributed by atoms with E-state index in [1.807, 2.05) is 45.0 Å². The average Bonchev–Trinajstić information content (AvgIpc) is 3.33. The number of hydrogen-bond acceptors (Lipinski definition) is 10. The molecule has 2 atom stereocenters. The van der Waals surface area contributed by atoms with Crippen LogP contribution in [0.4, 0.5) is 42.9 Å². The first kappa shape index (κ1) is 63.1. The summed E-state index contributed by atoms with van der Waals surface area (Å²) in [6.07, 6.45) is -1.79. The molecule has 2 fully saturated rings. The van der Waals surface area contributed by atoms with Crippen molar-refractivity contribution in [3.8, 4) is 5.75 Å². The number of pyridine rings is 2. The predicted octanol–water partition coefficient (Wildman–Crippen LogP) is 10.7. The van der Waals surface area contributed by atoms with Gasteiger partial charge in [-0.15, -0.1) is 35.6 Å². The summed E-state index contributed by atoms with van der Waals surface area (Å²) < 4.78 is 73.3. The van der Waals surface area contributed by atoms with Crippen LogP contribution in [0.2, 0.25) is 0 Å². The molecule has 0 unspecified atom stereocenters. The molecule has 0 aliphatic carbocycles. The number of halogens is 8. The number of aliphatic hydroxyl groups excluding tert-OH is 4. The van der Waals surface area contributed by atoms with E-state index in [1.165, 1.54) is 19.1 Å². The van der Waals surface area contributed by atoms with Crippen LogP contribution in [-0.4, -0.2) is 104 Å². The molecule has 7 N–H and O–H groups in total. The second-order valence-electron chi connectivity index (χ2n) is 18.0. The zero-order valence-electron chi connectivity index (χ0n) is 41.9. The molecule has 3 aromatic carbocycles. The van der Waals surface area contributed by atoms with Crippen molar-refractivity contribution in [2.75, 3.05) is 55.4 Å². The number of piperidine rings is 2. The van der Waals surface area contributed by atoms with Gasteiger partial charge in [-0.05, 0) is 142 Å². The molecule has 2 aliphatic rings. The normalized spacial score (nSPS) is 15.4. The number of aliphatic hydroxyl groups is 4. The van der Waals surface area contributed by atoms with Gasteiger partial charge in [0.05, 0.1) is 47.7 Å². The summed E-state index contributed by atoms with van der Waals surface area (Å²) in [6.45, 7) is 10.3. The number of para-hydroxylation sites is 1. The summed E-state index contributed by atoms with van der Waals surface area (Å²) >= 11 is 9.53. The number of rotatable bonds is 11. The molecule has 406 valence electrons. The highest BCUT2D eigenvalue weighted by molar-refractivity contribution is 6.40. The number of ether oxygens (including phenoxy) is 1. The van der Waals surface area contributed by atoms with Crippen molar-refractivity contribution in [3.63, 3.8) is 0 Å². The highest BCUT2D eigenvalue weighted by Gasteiger charge is 2.40. The Kier molecular flexibility index (Phi) is 25.4. The second kappa shape index (κ2) is 29.8. The van der Waals surface area contributed by atoms with E-state index >= 15 is 4.39 Å². The number of amides is 3. The van der Waals surface area contributed by atoms with Crippen LogP contribution in [0.15, 0.2) is 91.3 Å². The summed E-state index contributed by atoms with van der Waals surface area (Å²) in [7, 11) is 0.